The van der Waals surface area contributed by atoms with E-state index in [0.29, 0.717) is 11.9 Å². The second kappa shape index (κ2) is 6.95. The van der Waals surface area contributed by atoms with Crippen LogP contribution in [0.2, 0.25) is 0 Å². The maximum absolute atomic E-state index is 6.34. The van der Waals surface area contributed by atoms with Crippen LogP contribution in [0.15, 0.2) is 18.2 Å². The molecule has 134 valence electrons. The van der Waals surface area contributed by atoms with E-state index in [2.05, 4.69) is 63.0 Å². The van der Waals surface area contributed by atoms with Gasteiger partial charge in [-0.05, 0) is 58.2 Å². The number of aromatic nitrogens is 1. The first-order chi connectivity index (χ1) is 11.9. The summed E-state index contributed by atoms with van der Waals surface area (Å²) in [5, 5.41) is 3.51. The Morgan fingerprint density at radius 2 is 1.84 bits per heavy atom. The summed E-state index contributed by atoms with van der Waals surface area (Å²) in [5.41, 5.74) is 6.73. The number of hydrogen-bond donors (Lipinski definition) is 1. The molecule has 4 heteroatoms. The number of pyridine rings is 1. The Morgan fingerprint density at radius 3 is 2.48 bits per heavy atom. The van der Waals surface area contributed by atoms with Crippen LogP contribution in [0.1, 0.15) is 42.7 Å². The van der Waals surface area contributed by atoms with Crippen LogP contribution in [0.3, 0.4) is 0 Å². The molecule has 0 radical (unpaired) electrons. The average molecular weight is 339 g/mol. The minimum absolute atomic E-state index is 0.498. The second-order valence-electron chi connectivity index (χ2n) is 7.17. The molecular weight excluding hydrogens is 310 g/mol. The van der Waals surface area contributed by atoms with E-state index in [1.165, 1.54) is 11.3 Å². The van der Waals surface area contributed by atoms with Crippen LogP contribution in [0.4, 0.5) is 11.4 Å². The minimum atomic E-state index is 0.498. The highest BCUT2D eigenvalue weighted by molar-refractivity contribution is 5.77. The number of benzene rings is 1. The molecule has 1 N–H and O–H groups in total. The van der Waals surface area contributed by atoms with Gasteiger partial charge in [0.25, 0.3) is 0 Å². The number of ether oxygens (including phenoxy) is 1. The predicted octanol–water partition coefficient (Wildman–Crippen LogP) is 5.14. The van der Waals surface area contributed by atoms with Crippen LogP contribution in [0, 0.1) is 27.7 Å². The molecular formula is C21H29N3O. The molecule has 1 aromatic carbocycles. The number of hydrogen-bond acceptors (Lipinski definition) is 4. The van der Waals surface area contributed by atoms with E-state index < -0.39 is 0 Å². The summed E-state index contributed by atoms with van der Waals surface area (Å²) in [6.07, 6.45) is 1.12. The monoisotopic (exact) mass is 339 g/mol. The first kappa shape index (κ1) is 17.6. The third-order valence-electron chi connectivity index (χ3n) is 4.98. The largest absolute Gasteiger partial charge is 0.436 e. The number of anilines is 2. The highest BCUT2D eigenvalue weighted by Gasteiger charge is 2.25. The zero-order valence-electron chi connectivity index (χ0n) is 16.2. The Morgan fingerprint density at radius 1 is 1.16 bits per heavy atom. The van der Waals surface area contributed by atoms with Crippen LogP contribution < -0.4 is 15.0 Å². The van der Waals surface area contributed by atoms with Crippen molar-refractivity contribution < 1.29 is 4.74 Å². The van der Waals surface area contributed by atoms with E-state index in [4.69, 9.17) is 9.72 Å². The molecule has 1 atom stereocenters. The topological polar surface area (TPSA) is 37.4 Å². The summed E-state index contributed by atoms with van der Waals surface area (Å²) in [4.78, 5) is 7.16. The van der Waals surface area contributed by atoms with Gasteiger partial charge in [0.2, 0.25) is 5.88 Å². The number of fused-ring (bicyclic) bond motifs is 1. The van der Waals surface area contributed by atoms with Crippen molar-refractivity contribution in [3.63, 3.8) is 0 Å². The second-order valence-corrected chi connectivity index (χ2v) is 7.17. The molecule has 1 unspecified atom stereocenters. The van der Waals surface area contributed by atoms with Crippen LogP contribution in [0.25, 0.3) is 0 Å². The molecule has 2 aromatic rings. The maximum Gasteiger partial charge on any atom is 0.245 e. The first-order valence-electron chi connectivity index (χ1n) is 9.18. The summed E-state index contributed by atoms with van der Waals surface area (Å²) in [6.45, 7) is 14.8. The van der Waals surface area contributed by atoms with Gasteiger partial charge in [-0.3, -0.25) is 0 Å². The molecule has 0 fully saturated rings. The molecule has 0 bridgehead atoms. The van der Waals surface area contributed by atoms with Gasteiger partial charge in [0.1, 0.15) is 11.4 Å². The highest BCUT2D eigenvalue weighted by atomic mass is 16.5. The van der Waals surface area contributed by atoms with Gasteiger partial charge in [-0.25, -0.2) is 4.98 Å². The van der Waals surface area contributed by atoms with Gasteiger partial charge in [-0.15, -0.1) is 0 Å². The molecule has 0 amide bonds. The number of rotatable bonds is 4. The van der Waals surface area contributed by atoms with Crippen molar-refractivity contribution in [3.8, 4) is 11.6 Å². The van der Waals surface area contributed by atoms with Gasteiger partial charge in [-0.2, -0.15) is 0 Å². The predicted molar refractivity (Wildman–Crippen MR) is 105 cm³/mol. The van der Waals surface area contributed by atoms with E-state index in [9.17, 15) is 0 Å². The van der Waals surface area contributed by atoms with Gasteiger partial charge >= 0.3 is 0 Å². The Bertz CT molecular complexity index is 762. The van der Waals surface area contributed by atoms with Crippen LogP contribution >= 0.6 is 0 Å². The van der Waals surface area contributed by atoms with Crippen LogP contribution in [-0.2, 0) is 0 Å². The molecule has 25 heavy (non-hydrogen) atoms. The van der Waals surface area contributed by atoms with Gasteiger partial charge in [0.05, 0.1) is 5.69 Å². The SMILES string of the molecule is CCC(C)N1CCNc2c1cc(C)nc2Oc1c(C)cc(C)cc1C. The zero-order valence-corrected chi connectivity index (χ0v) is 16.2. The fraction of sp³-hybridized carbons (Fsp3) is 0.476. The molecule has 4 nitrogen and oxygen atoms in total. The standard InChI is InChI=1S/C21H29N3O/c1-7-17(6)24-9-8-22-19-18(24)12-16(5)23-21(19)25-20-14(3)10-13(2)11-15(20)4/h10-12,17,22H,7-9H2,1-6H3. The van der Waals surface area contributed by atoms with Gasteiger partial charge in [0, 0.05) is 24.8 Å². The third kappa shape index (κ3) is 3.44. The summed E-state index contributed by atoms with van der Waals surface area (Å²) in [7, 11) is 0. The summed E-state index contributed by atoms with van der Waals surface area (Å²) >= 11 is 0. The van der Waals surface area contributed by atoms with Crippen LogP contribution in [-0.4, -0.2) is 24.1 Å². The third-order valence-corrected chi connectivity index (χ3v) is 4.98. The number of nitrogens with zero attached hydrogens (tertiary/aromatic N) is 2. The lowest BCUT2D eigenvalue weighted by Crippen LogP contribution is -2.40. The Hall–Kier alpha value is -2.23. The van der Waals surface area contributed by atoms with Crippen LogP contribution in [0.5, 0.6) is 11.6 Å². The van der Waals surface area contributed by atoms with Gasteiger partial charge in [0.15, 0.2) is 0 Å². The summed E-state index contributed by atoms with van der Waals surface area (Å²) in [5.74, 6) is 1.59. The number of aryl methyl sites for hydroxylation is 4. The van der Waals surface area contributed by atoms with Crippen molar-refractivity contribution in [2.75, 3.05) is 23.3 Å². The smallest absolute Gasteiger partial charge is 0.245 e. The van der Waals surface area contributed by atoms with E-state index in [1.54, 1.807) is 0 Å². The lowest BCUT2D eigenvalue weighted by molar-refractivity contribution is 0.455. The molecule has 0 spiro atoms. The quantitative estimate of drug-likeness (QED) is 0.837. The molecule has 0 saturated heterocycles. The molecule has 0 saturated carbocycles. The van der Waals surface area contributed by atoms with E-state index in [1.807, 2.05) is 6.92 Å². The van der Waals surface area contributed by atoms with E-state index in [-0.39, 0.29) is 0 Å². The van der Waals surface area contributed by atoms with Crippen molar-refractivity contribution in [3.05, 3.63) is 40.6 Å². The maximum atomic E-state index is 6.34. The average Bonchev–Trinajstić information content (AvgIpc) is 2.56. The molecule has 2 heterocycles. The van der Waals surface area contributed by atoms with Crippen molar-refractivity contribution in [2.24, 2.45) is 0 Å². The lowest BCUT2D eigenvalue weighted by Gasteiger charge is -2.37. The zero-order chi connectivity index (χ0) is 18.1. The molecule has 1 aliphatic heterocycles. The minimum Gasteiger partial charge on any atom is -0.436 e. The Labute approximate surface area is 151 Å². The molecule has 1 aromatic heterocycles. The van der Waals surface area contributed by atoms with Crippen molar-refractivity contribution in [2.45, 2.75) is 54.0 Å². The van der Waals surface area contributed by atoms with E-state index in [0.717, 1.165) is 47.8 Å². The van der Waals surface area contributed by atoms with Crippen molar-refractivity contribution in [1.29, 1.82) is 0 Å². The summed E-state index contributed by atoms with van der Waals surface area (Å²) in [6, 6.07) is 6.97. The van der Waals surface area contributed by atoms with Gasteiger partial charge in [-0.1, -0.05) is 24.6 Å². The molecule has 3 rings (SSSR count). The fourth-order valence-corrected chi connectivity index (χ4v) is 3.62. The van der Waals surface area contributed by atoms with Crippen molar-refractivity contribution in [1.82, 2.24) is 4.98 Å². The molecule has 0 aliphatic carbocycles. The normalized spacial score (nSPS) is 14.7. The number of nitrogens with one attached hydrogen (secondary N) is 1. The molecule has 1 aliphatic rings. The fourth-order valence-electron chi connectivity index (χ4n) is 3.62. The Balaban J connectivity index is 2.05. The first-order valence-corrected chi connectivity index (χ1v) is 9.18. The van der Waals surface area contributed by atoms with Gasteiger partial charge < -0.3 is 15.0 Å². The van der Waals surface area contributed by atoms with Crippen molar-refractivity contribution >= 4 is 11.4 Å². The summed E-state index contributed by atoms with van der Waals surface area (Å²) < 4.78 is 6.34. The Kier molecular flexibility index (Phi) is 4.89. The highest BCUT2D eigenvalue weighted by Crippen LogP contribution is 2.41. The lowest BCUT2D eigenvalue weighted by atomic mass is 10.1. The van der Waals surface area contributed by atoms with E-state index >= 15 is 0 Å².